The molecule has 4 aromatic rings. The SMILES string of the molecule is CCn1c(=O)[nH]c2cc(C(=O)Nc3ccc(Cn4ccccc4=O)cc3)ccc2c1=O. The van der Waals surface area contributed by atoms with Crippen LogP contribution >= 0.6 is 0 Å². The molecule has 2 N–H and O–H groups in total. The third-order valence-electron chi connectivity index (χ3n) is 5.02. The Morgan fingerprint density at radius 3 is 2.48 bits per heavy atom. The third-order valence-corrected chi connectivity index (χ3v) is 5.02. The second kappa shape index (κ2) is 8.27. The lowest BCUT2D eigenvalue weighted by Crippen LogP contribution is -2.34. The molecule has 0 saturated carbocycles. The average Bonchev–Trinajstić information content (AvgIpc) is 2.76. The molecule has 8 heteroatoms. The molecule has 0 unspecified atom stereocenters. The molecule has 0 fully saturated rings. The van der Waals surface area contributed by atoms with Crippen LogP contribution < -0.4 is 22.1 Å². The van der Waals surface area contributed by atoms with E-state index < -0.39 is 5.69 Å². The maximum absolute atomic E-state index is 12.6. The lowest BCUT2D eigenvalue weighted by atomic mass is 10.1. The number of carbonyl (C=O) groups is 1. The molecule has 0 atom stereocenters. The highest BCUT2D eigenvalue weighted by atomic mass is 16.2. The van der Waals surface area contributed by atoms with Crippen molar-refractivity contribution in [1.82, 2.24) is 14.1 Å². The number of nitrogens with zero attached hydrogens (tertiary/aromatic N) is 2. The molecular formula is C23H20N4O4. The van der Waals surface area contributed by atoms with E-state index in [-0.39, 0.29) is 23.6 Å². The number of hydrogen-bond acceptors (Lipinski definition) is 4. The Hall–Kier alpha value is -4.20. The molecule has 31 heavy (non-hydrogen) atoms. The van der Waals surface area contributed by atoms with Gasteiger partial charge in [-0.1, -0.05) is 18.2 Å². The number of aromatic amines is 1. The molecule has 0 aliphatic rings. The van der Waals surface area contributed by atoms with Crippen molar-refractivity contribution in [2.75, 3.05) is 5.32 Å². The summed E-state index contributed by atoms with van der Waals surface area (Å²) in [6, 6.07) is 16.7. The zero-order chi connectivity index (χ0) is 22.0. The third kappa shape index (κ3) is 4.09. The summed E-state index contributed by atoms with van der Waals surface area (Å²) in [6.45, 7) is 2.41. The van der Waals surface area contributed by atoms with Crippen LogP contribution in [0.5, 0.6) is 0 Å². The summed E-state index contributed by atoms with van der Waals surface area (Å²) in [5, 5.41) is 3.14. The Labute approximate surface area is 176 Å². The highest BCUT2D eigenvalue weighted by Crippen LogP contribution is 2.14. The van der Waals surface area contributed by atoms with Gasteiger partial charge in [0.05, 0.1) is 17.4 Å². The number of carbonyl (C=O) groups excluding carboxylic acids is 1. The molecular weight excluding hydrogens is 396 g/mol. The van der Waals surface area contributed by atoms with Gasteiger partial charge in [-0.3, -0.25) is 19.0 Å². The summed E-state index contributed by atoms with van der Waals surface area (Å²) < 4.78 is 2.70. The topological polar surface area (TPSA) is 106 Å². The van der Waals surface area contributed by atoms with Crippen molar-refractivity contribution in [1.29, 1.82) is 0 Å². The zero-order valence-corrected chi connectivity index (χ0v) is 16.8. The highest BCUT2D eigenvalue weighted by molar-refractivity contribution is 6.06. The summed E-state index contributed by atoms with van der Waals surface area (Å²) >= 11 is 0. The van der Waals surface area contributed by atoms with E-state index in [0.29, 0.717) is 28.7 Å². The fraction of sp³-hybridized carbons (Fsp3) is 0.130. The van der Waals surface area contributed by atoms with Gasteiger partial charge in [0.25, 0.3) is 17.0 Å². The number of anilines is 1. The van der Waals surface area contributed by atoms with Gasteiger partial charge < -0.3 is 14.9 Å². The Kier molecular flexibility index (Phi) is 5.36. The number of benzene rings is 2. The van der Waals surface area contributed by atoms with Crippen LogP contribution in [0.4, 0.5) is 5.69 Å². The van der Waals surface area contributed by atoms with Gasteiger partial charge in [-0.25, -0.2) is 4.79 Å². The quantitative estimate of drug-likeness (QED) is 0.520. The van der Waals surface area contributed by atoms with Gasteiger partial charge in [0, 0.05) is 30.1 Å². The van der Waals surface area contributed by atoms with Crippen LogP contribution in [0.25, 0.3) is 10.9 Å². The van der Waals surface area contributed by atoms with Gasteiger partial charge in [-0.15, -0.1) is 0 Å². The minimum atomic E-state index is -0.509. The van der Waals surface area contributed by atoms with Gasteiger partial charge in [0.15, 0.2) is 0 Å². The van der Waals surface area contributed by atoms with Crippen molar-refractivity contribution < 1.29 is 4.79 Å². The smallest absolute Gasteiger partial charge is 0.322 e. The van der Waals surface area contributed by atoms with Crippen LogP contribution in [0.1, 0.15) is 22.8 Å². The summed E-state index contributed by atoms with van der Waals surface area (Å²) in [6.07, 6.45) is 1.72. The fourth-order valence-electron chi connectivity index (χ4n) is 3.37. The molecule has 4 rings (SSSR count). The monoisotopic (exact) mass is 416 g/mol. The maximum atomic E-state index is 12.6. The molecule has 156 valence electrons. The second-order valence-electron chi connectivity index (χ2n) is 7.06. The Bertz CT molecular complexity index is 1450. The molecule has 0 bridgehead atoms. The standard InChI is InChI=1S/C23H20N4O4/c1-2-27-22(30)18-11-8-16(13-19(18)25-23(27)31)21(29)24-17-9-6-15(7-10-17)14-26-12-4-3-5-20(26)28/h3-13H,2,14H2,1H3,(H,24,29)(H,25,31). The molecule has 8 nitrogen and oxygen atoms in total. The van der Waals surface area contributed by atoms with Gasteiger partial charge in [0.2, 0.25) is 0 Å². The number of hydrogen-bond donors (Lipinski definition) is 2. The van der Waals surface area contributed by atoms with Crippen LogP contribution in [0.15, 0.2) is 81.2 Å². The number of rotatable bonds is 5. The molecule has 2 heterocycles. The van der Waals surface area contributed by atoms with E-state index >= 15 is 0 Å². The largest absolute Gasteiger partial charge is 0.328 e. The van der Waals surface area contributed by atoms with E-state index in [1.807, 2.05) is 12.1 Å². The molecule has 0 aliphatic carbocycles. The lowest BCUT2D eigenvalue weighted by Gasteiger charge is -2.09. The summed E-state index contributed by atoms with van der Waals surface area (Å²) in [7, 11) is 0. The summed E-state index contributed by atoms with van der Waals surface area (Å²) in [5.74, 6) is -0.366. The van der Waals surface area contributed by atoms with Crippen molar-refractivity contribution in [2.24, 2.45) is 0 Å². The zero-order valence-electron chi connectivity index (χ0n) is 16.8. The number of nitrogens with one attached hydrogen (secondary N) is 2. The molecule has 2 aromatic carbocycles. The Morgan fingerprint density at radius 2 is 1.77 bits per heavy atom. The first-order valence-corrected chi connectivity index (χ1v) is 9.79. The van der Waals surface area contributed by atoms with Crippen molar-refractivity contribution in [3.05, 3.63) is 109 Å². The number of amides is 1. The number of H-pyrrole nitrogens is 1. The van der Waals surface area contributed by atoms with Gasteiger partial charge >= 0.3 is 5.69 Å². The minimum Gasteiger partial charge on any atom is -0.322 e. The van der Waals surface area contributed by atoms with Crippen LogP contribution in [-0.4, -0.2) is 20.0 Å². The fourth-order valence-corrected chi connectivity index (χ4v) is 3.37. The molecule has 0 aliphatic heterocycles. The molecule has 0 spiro atoms. The number of aromatic nitrogens is 3. The van der Waals surface area contributed by atoms with Gasteiger partial charge in [-0.2, -0.15) is 0 Å². The van der Waals surface area contributed by atoms with E-state index in [0.717, 1.165) is 10.1 Å². The predicted octanol–water partition coefficient (Wildman–Crippen LogP) is 2.17. The van der Waals surface area contributed by atoms with Gasteiger partial charge in [0.1, 0.15) is 0 Å². The summed E-state index contributed by atoms with van der Waals surface area (Å²) in [5.41, 5.74) is 1.16. The van der Waals surface area contributed by atoms with Gasteiger partial charge in [-0.05, 0) is 48.9 Å². The van der Waals surface area contributed by atoms with Crippen LogP contribution in [0.2, 0.25) is 0 Å². The first-order valence-electron chi connectivity index (χ1n) is 9.79. The van der Waals surface area contributed by atoms with E-state index in [9.17, 15) is 19.2 Å². The second-order valence-corrected chi connectivity index (χ2v) is 7.06. The minimum absolute atomic E-state index is 0.0834. The first kappa shape index (κ1) is 20.1. The average molecular weight is 416 g/mol. The maximum Gasteiger partial charge on any atom is 0.328 e. The molecule has 1 amide bonds. The molecule has 0 saturated heterocycles. The predicted molar refractivity (Wildman–Crippen MR) is 119 cm³/mol. The first-order chi connectivity index (χ1) is 15.0. The Balaban J connectivity index is 1.53. The van der Waals surface area contributed by atoms with Crippen LogP contribution in [0, 0.1) is 0 Å². The van der Waals surface area contributed by atoms with E-state index in [1.165, 1.54) is 18.2 Å². The number of fused-ring (bicyclic) bond motifs is 1. The normalized spacial score (nSPS) is 10.9. The van der Waals surface area contributed by atoms with Crippen LogP contribution in [0.3, 0.4) is 0 Å². The van der Waals surface area contributed by atoms with Crippen LogP contribution in [-0.2, 0) is 13.1 Å². The highest BCUT2D eigenvalue weighted by Gasteiger charge is 2.11. The Morgan fingerprint density at radius 1 is 1.00 bits per heavy atom. The van der Waals surface area contributed by atoms with Crippen molar-refractivity contribution >= 4 is 22.5 Å². The summed E-state index contributed by atoms with van der Waals surface area (Å²) in [4.78, 5) is 51.5. The molecule has 2 aromatic heterocycles. The van der Waals surface area contributed by atoms with Crippen molar-refractivity contribution in [3.8, 4) is 0 Å². The number of pyridine rings is 1. The van der Waals surface area contributed by atoms with Crippen molar-refractivity contribution in [2.45, 2.75) is 20.0 Å². The molecule has 0 radical (unpaired) electrons. The van der Waals surface area contributed by atoms with E-state index in [2.05, 4.69) is 10.3 Å². The van der Waals surface area contributed by atoms with Crippen molar-refractivity contribution in [3.63, 3.8) is 0 Å². The lowest BCUT2D eigenvalue weighted by molar-refractivity contribution is 0.102. The van der Waals surface area contributed by atoms with E-state index in [1.54, 1.807) is 48.0 Å². The van der Waals surface area contributed by atoms with E-state index in [4.69, 9.17) is 0 Å².